The van der Waals surface area contributed by atoms with Crippen molar-refractivity contribution in [3.05, 3.63) is 102 Å². The van der Waals surface area contributed by atoms with Crippen LogP contribution in [0.3, 0.4) is 0 Å². The number of rotatable bonds is 8. The van der Waals surface area contributed by atoms with Gasteiger partial charge in [-0.15, -0.1) is 0 Å². The van der Waals surface area contributed by atoms with Crippen LogP contribution in [0.4, 0.5) is 0 Å². The van der Waals surface area contributed by atoms with E-state index in [2.05, 4.69) is 116 Å². The normalized spacial score (nSPS) is 11.5. The summed E-state index contributed by atoms with van der Waals surface area (Å²) in [4.78, 5) is 10.9. The van der Waals surface area contributed by atoms with Crippen molar-refractivity contribution in [2.75, 3.05) is 0 Å². The van der Waals surface area contributed by atoms with Crippen LogP contribution in [-0.4, -0.2) is 15.6 Å². The maximum Gasteiger partial charge on any atom is 0.303 e. The molecule has 0 spiro atoms. The summed E-state index contributed by atoms with van der Waals surface area (Å²) in [6, 6.07) is 32.1. The third kappa shape index (κ3) is 5.66. The molecular formula is C31H33NO2. The average Bonchev–Trinajstić information content (AvgIpc) is 3.18. The van der Waals surface area contributed by atoms with E-state index in [1.165, 1.54) is 33.6 Å². The van der Waals surface area contributed by atoms with E-state index in [9.17, 15) is 4.79 Å². The molecule has 174 valence electrons. The minimum absolute atomic E-state index is 0.115. The molecule has 0 bridgehead atoms. The predicted molar refractivity (Wildman–Crippen MR) is 140 cm³/mol. The van der Waals surface area contributed by atoms with Crippen molar-refractivity contribution in [2.45, 2.75) is 46.5 Å². The Morgan fingerprint density at radius 3 is 1.97 bits per heavy atom. The molecule has 1 heterocycles. The second-order valence-electron chi connectivity index (χ2n) is 10.1. The van der Waals surface area contributed by atoms with Gasteiger partial charge in [-0.3, -0.25) is 4.79 Å². The number of hydrogen-bond acceptors (Lipinski definition) is 1. The van der Waals surface area contributed by atoms with Gasteiger partial charge >= 0.3 is 5.97 Å². The van der Waals surface area contributed by atoms with E-state index in [4.69, 9.17) is 5.11 Å². The molecule has 0 amide bonds. The monoisotopic (exact) mass is 451 g/mol. The summed E-state index contributed by atoms with van der Waals surface area (Å²) in [5, 5.41) is 8.94. The highest BCUT2D eigenvalue weighted by Gasteiger charge is 2.23. The van der Waals surface area contributed by atoms with Gasteiger partial charge in [-0.05, 0) is 59.6 Å². The Morgan fingerprint density at radius 1 is 0.824 bits per heavy atom. The molecule has 1 aromatic heterocycles. The minimum Gasteiger partial charge on any atom is -0.481 e. The Labute approximate surface area is 202 Å². The summed E-state index contributed by atoms with van der Waals surface area (Å²) in [5.74, 6) is -0.739. The van der Waals surface area contributed by atoms with Crippen molar-refractivity contribution in [2.24, 2.45) is 5.41 Å². The van der Waals surface area contributed by atoms with Gasteiger partial charge in [0.1, 0.15) is 0 Å². The van der Waals surface area contributed by atoms with Crippen molar-refractivity contribution >= 4 is 5.97 Å². The minimum atomic E-state index is -0.739. The van der Waals surface area contributed by atoms with E-state index in [1.54, 1.807) is 0 Å². The number of carbonyl (C=O) groups is 1. The molecular weight excluding hydrogens is 418 g/mol. The molecule has 0 aliphatic carbocycles. The molecule has 4 rings (SSSR count). The first kappa shape index (κ1) is 23.6. The maximum atomic E-state index is 10.9. The molecule has 0 fully saturated rings. The zero-order chi connectivity index (χ0) is 24.1. The summed E-state index contributed by atoms with van der Waals surface area (Å²) in [6.07, 6.45) is 2.56. The summed E-state index contributed by atoms with van der Waals surface area (Å²) in [7, 11) is 0. The third-order valence-corrected chi connectivity index (χ3v) is 6.01. The standard InChI is InChI=1S/C31H33NO2/c1-31(2,3)22-29-27(24-12-6-4-7-13-24)21-28(25-14-8-5-9-15-25)32(29)26-19-17-23(18-20-26)11-10-16-30(33)34/h4-9,12-15,17-21H,10-11,16,22H2,1-3H3,(H,33,34). The fourth-order valence-electron chi connectivity index (χ4n) is 4.47. The number of aromatic nitrogens is 1. The fraction of sp³-hybridized carbons (Fsp3) is 0.258. The van der Waals surface area contributed by atoms with Crippen LogP contribution < -0.4 is 0 Å². The summed E-state index contributed by atoms with van der Waals surface area (Å²) in [5.41, 5.74) is 8.56. The molecule has 0 unspecified atom stereocenters. The Hall–Kier alpha value is -3.59. The summed E-state index contributed by atoms with van der Waals surface area (Å²) >= 11 is 0. The molecule has 4 aromatic rings. The number of nitrogens with zero attached hydrogens (tertiary/aromatic N) is 1. The maximum absolute atomic E-state index is 10.9. The first-order valence-corrected chi connectivity index (χ1v) is 12.0. The second-order valence-corrected chi connectivity index (χ2v) is 10.1. The number of carboxylic acids is 1. The quantitative estimate of drug-likeness (QED) is 0.297. The molecule has 1 N–H and O–H groups in total. The van der Waals surface area contributed by atoms with Crippen molar-refractivity contribution in [1.82, 2.24) is 4.57 Å². The van der Waals surface area contributed by atoms with Crippen molar-refractivity contribution < 1.29 is 9.90 Å². The Morgan fingerprint density at radius 2 is 1.41 bits per heavy atom. The third-order valence-electron chi connectivity index (χ3n) is 6.01. The van der Waals surface area contributed by atoms with E-state index in [0.717, 1.165) is 18.5 Å². The number of carboxylic acid groups (broad SMARTS) is 1. The molecule has 0 saturated heterocycles. The zero-order valence-electron chi connectivity index (χ0n) is 20.3. The van der Waals surface area contributed by atoms with Crippen LogP contribution in [0.15, 0.2) is 91.0 Å². The highest BCUT2D eigenvalue weighted by Crippen LogP contribution is 2.38. The first-order valence-electron chi connectivity index (χ1n) is 12.0. The largest absolute Gasteiger partial charge is 0.481 e. The van der Waals surface area contributed by atoms with Crippen LogP contribution >= 0.6 is 0 Å². The van der Waals surface area contributed by atoms with Gasteiger partial charge in [0.15, 0.2) is 0 Å². The van der Waals surface area contributed by atoms with Gasteiger partial charge in [0.2, 0.25) is 0 Å². The topological polar surface area (TPSA) is 42.2 Å². The lowest BCUT2D eigenvalue weighted by molar-refractivity contribution is -0.137. The van der Waals surface area contributed by atoms with Crippen LogP contribution in [-0.2, 0) is 17.6 Å². The SMILES string of the molecule is CC(C)(C)Cc1c(-c2ccccc2)cc(-c2ccccc2)n1-c1ccc(CCCC(=O)O)cc1. The van der Waals surface area contributed by atoms with E-state index in [-0.39, 0.29) is 11.8 Å². The molecule has 0 atom stereocenters. The van der Waals surface area contributed by atoms with Crippen molar-refractivity contribution in [1.29, 1.82) is 0 Å². The molecule has 0 aliphatic heterocycles. The lowest BCUT2D eigenvalue weighted by Gasteiger charge is -2.23. The smallest absolute Gasteiger partial charge is 0.303 e. The van der Waals surface area contributed by atoms with Gasteiger partial charge in [0, 0.05) is 23.4 Å². The van der Waals surface area contributed by atoms with Crippen LogP contribution in [0.5, 0.6) is 0 Å². The van der Waals surface area contributed by atoms with E-state index in [0.29, 0.717) is 6.42 Å². The fourth-order valence-corrected chi connectivity index (χ4v) is 4.47. The van der Waals surface area contributed by atoms with Crippen LogP contribution in [0.1, 0.15) is 44.9 Å². The van der Waals surface area contributed by atoms with Crippen LogP contribution in [0, 0.1) is 5.41 Å². The molecule has 3 heteroatoms. The van der Waals surface area contributed by atoms with Crippen LogP contribution in [0.25, 0.3) is 28.1 Å². The Kier molecular flexibility index (Phi) is 7.02. The van der Waals surface area contributed by atoms with E-state index < -0.39 is 5.97 Å². The van der Waals surface area contributed by atoms with E-state index >= 15 is 0 Å². The van der Waals surface area contributed by atoms with Gasteiger partial charge in [-0.1, -0.05) is 93.6 Å². The lowest BCUT2D eigenvalue weighted by atomic mass is 9.88. The number of aryl methyl sites for hydroxylation is 1. The van der Waals surface area contributed by atoms with Gasteiger partial charge in [0.25, 0.3) is 0 Å². The number of aliphatic carboxylic acids is 1. The highest BCUT2D eigenvalue weighted by atomic mass is 16.4. The summed E-state index contributed by atoms with van der Waals surface area (Å²) in [6.45, 7) is 6.85. The Bertz CT molecular complexity index is 1230. The highest BCUT2D eigenvalue weighted by molar-refractivity contribution is 5.77. The molecule has 3 nitrogen and oxygen atoms in total. The Balaban J connectivity index is 1.85. The predicted octanol–water partition coefficient (Wildman–Crippen LogP) is 7.81. The molecule has 3 aromatic carbocycles. The van der Waals surface area contributed by atoms with Crippen molar-refractivity contribution in [3.63, 3.8) is 0 Å². The number of hydrogen-bond donors (Lipinski definition) is 1. The molecule has 0 radical (unpaired) electrons. The molecule has 0 aliphatic rings. The summed E-state index contributed by atoms with van der Waals surface area (Å²) < 4.78 is 2.41. The van der Waals surface area contributed by atoms with Gasteiger partial charge < -0.3 is 9.67 Å². The first-order chi connectivity index (χ1) is 16.3. The van der Waals surface area contributed by atoms with Crippen molar-refractivity contribution in [3.8, 4) is 28.1 Å². The van der Waals surface area contributed by atoms with E-state index in [1.807, 2.05) is 0 Å². The molecule has 0 saturated carbocycles. The van der Waals surface area contributed by atoms with Gasteiger partial charge in [0.05, 0.1) is 5.69 Å². The second kappa shape index (κ2) is 10.1. The van der Waals surface area contributed by atoms with Crippen LogP contribution in [0.2, 0.25) is 0 Å². The van der Waals surface area contributed by atoms with Gasteiger partial charge in [-0.2, -0.15) is 0 Å². The zero-order valence-corrected chi connectivity index (χ0v) is 20.3. The lowest BCUT2D eigenvalue weighted by Crippen LogP contribution is -2.14. The average molecular weight is 452 g/mol. The number of benzene rings is 3. The molecule has 34 heavy (non-hydrogen) atoms. The van der Waals surface area contributed by atoms with Gasteiger partial charge in [-0.25, -0.2) is 0 Å².